The highest BCUT2D eigenvalue weighted by atomic mass is 16.5. The molecule has 0 amide bonds. The van der Waals surface area contributed by atoms with Crippen LogP contribution in [-0.4, -0.2) is 65.9 Å². The van der Waals surface area contributed by atoms with Crippen LogP contribution in [0.4, 0.5) is 0 Å². The summed E-state index contributed by atoms with van der Waals surface area (Å²) in [6.07, 6.45) is 9.25. The number of aromatic nitrogens is 2. The highest BCUT2D eigenvalue weighted by Crippen LogP contribution is 2.28. The maximum absolute atomic E-state index is 13.4. The predicted octanol–water partition coefficient (Wildman–Crippen LogP) is 2.75. The fourth-order valence-electron chi connectivity index (χ4n) is 4.62. The van der Waals surface area contributed by atoms with Crippen LogP contribution in [0.1, 0.15) is 69.8 Å². The summed E-state index contributed by atoms with van der Waals surface area (Å²) in [6, 6.07) is 1.98. The van der Waals surface area contributed by atoms with Crippen LogP contribution < -0.4 is 16.2 Å². The van der Waals surface area contributed by atoms with Gasteiger partial charge in [-0.15, -0.1) is 0 Å². The first kappa shape index (κ1) is 26.5. The number of hydrogen-bond donors (Lipinski definition) is 2. The molecule has 190 valence electrons. The minimum atomic E-state index is -0.633. The normalized spacial score (nSPS) is 22.5. The minimum absolute atomic E-state index is 0.00643. The van der Waals surface area contributed by atoms with Crippen LogP contribution in [0.3, 0.4) is 0 Å². The van der Waals surface area contributed by atoms with Crippen molar-refractivity contribution in [3.63, 3.8) is 0 Å². The van der Waals surface area contributed by atoms with Gasteiger partial charge < -0.3 is 21.1 Å². The van der Waals surface area contributed by atoms with Crippen LogP contribution in [0.2, 0.25) is 0 Å². The lowest BCUT2D eigenvalue weighted by atomic mass is 9.81. The third kappa shape index (κ3) is 6.75. The van der Waals surface area contributed by atoms with E-state index >= 15 is 0 Å². The van der Waals surface area contributed by atoms with Gasteiger partial charge >= 0.3 is 0 Å². The Bertz CT molecular complexity index is 1020. The average molecular weight is 483 g/mol. The van der Waals surface area contributed by atoms with Gasteiger partial charge in [0.05, 0.1) is 23.0 Å². The molecule has 1 saturated carbocycles. The van der Waals surface area contributed by atoms with E-state index in [-0.39, 0.29) is 23.1 Å². The Kier molecular flexibility index (Phi) is 9.54. The molecule has 0 radical (unpaired) electrons. The van der Waals surface area contributed by atoms with E-state index in [9.17, 15) is 9.59 Å². The van der Waals surface area contributed by atoms with Gasteiger partial charge in [-0.25, -0.2) is 4.98 Å². The van der Waals surface area contributed by atoms with Gasteiger partial charge in [0.2, 0.25) is 5.88 Å². The number of carbonyl (C=O) groups is 2. The second-order valence-corrected chi connectivity index (χ2v) is 9.30. The van der Waals surface area contributed by atoms with E-state index in [0.717, 1.165) is 32.2 Å². The van der Waals surface area contributed by atoms with E-state index in [2.05, 4.69) is 26.9 Å². The standard InChI is InChI=1S/C26H38N6O3/c1-4-8-19(25(34)18-10-5-6-11-22(18)33)24(28)26-30-21(20(27)12-13-29-2)15-23(31-26)35-16-17-9-7-14-32(17)3/h12-13,15,17-18H,4-11,14,16,27-28H2,1-3H3/b20-12-,24-19-,29-13?/t17-,18-/m0/s1. The maximum Gasteiger partial charge on any atom is 0.217 e. The molecule has 1 aliphatic heterocycles. The molecule has 4 N–H and O–H groups in total. The Morgan fingerprint density at radius 3 is 2.71 bits per heavy atom. The molecule has 1 aromatic heterocycles. The molecule has 1 saturated heterocycles. The topological polar surface area (TPSA) is 137 Å². The summed E-state index contributed by atoms with van der Waals surface area (Å²) in [5.74, 6) is -0.323. The zero-order valence-corrected chi connectivity index (χ0v) is 21.1. The van der Waals surface area contributed by atoms with E-state index in [4.69, 9.17) is 16.2 Å². The summed E-state index contributed by atoms with van der Waals surface area (Å²) in [5.41, 5.74) is 14.2. The number of rotatable bonds is 10. The quantitative estimate of drug-likeness (QED) is 0.295. The molecular formula is C26H38N6O3. The summed E-state index contributed by atoms with van der Waals surface area (Å²) < 4.78 is 6.05. The average Bonchev–Trinajstić information content (AvgIpc) is 3.28. The molecule has 1 aliphatic carbocycles. The molecular weight excluding hydrogens is 444 g/mol. The molecule has 2 aliphatic rings. The first-order chi connectivity index (χ1) is 16.8. The lowest BCUT2D eigenvalue weighted by Crippen LogP contribution is -2.31. The zero-order valence-electron chi connectivity index (χ0n) is 21.1. The molecule has 0 aromatic carbocycles. The van der Waals surface area contributed by atoms with Crippen LogP contribution in [0.5, 0.6) is 5.88 Å². The number of likely N-dealkylation sites (N-methyl/N-ethyl adjacent to an activating group) is 1. The SMILES string of the molecule is CCC/C(C(=O)[C@H]1CCCCC1=O)=C(/N)c1nc(OC[C@@H]2CCCN2C)cc(/C(N)=C/C=NC)n1. The van der Waals surface area contributed by atoms with Gasteiger partial charge in [0.15, 0.2) is 11.6 Å². The van der Waals surface area contributed by atoms with Crippen LogP contribution >= 0.6 is 0 Å². The summed E-state index contributed by atoms with van der Waals surface area (Å²) in [4.78, 5) is 41.2. The molecule has 2 fully saturated rings. The Morgan fingerprint density at radius 1 is 1.26 bits per heavy atom. The monoisotopic (exact) mass is 482 g/mol. The van der Waals surface area contributed by atoms with Crippen LogP contribution in [0, 0.1) is 5.92 Å². The molecule has 2 heterocycles. The number of carbonyl (C=O) groups excluding carboxylic acids is 2. The highest BCUT2D eigenvalue weighted by Gasteiger charge is 2.32. The van der Waals surface area contributed by atoms with E-state index in [1.165, 1.54) is 0 Å². The van der Waals surface area contributed by atoms with E-state index < -0.39 is 5.92 Å². The maximum atomic E-state index is 13.4. The second-order valence-electron chi connectivity index (χ2n) is 9.30. The van der Waals surface area contributed by atoms with Crippen molar-refractivity contribution in [3.8, 4) is 5.88 Å². The molecule has 2 atom stereocenters. The number of Topliss-reactive ketones (excluding diaryl/α,β-unsaturated/α-hetero) is 2. The molecule has 0 bridgehead atoms. The van der Waals surface area contributed by atoms with Gasteiger partial charge in [0.1, 0.15) is 12.4 Å². The van der Waals surface area contributed by atoms with E-state index in [0.29, 0.717) is 61.2 Å². The molecule has 1 aromatic rings. The smallest absolute Gasteiger partial charge is 0.217 e. The van der Waals surface area contributed by atoms with Crippen molar-refractivity contribution in [2.24, 2.45) is 22.4 Å². The minimum Gasteiger partial charge on any atom is -0.476 e. The summed E-state index contributed by atoms with van der Waals surface area (Å²) in [7, 11) is 3.73. The van der Waals surface area contributed by atoms with E-state index in [1.807, 2.05) is 6.92 Å². The first-order valence-electron chi connectivity index (χ1n) is 12.5. The predicted molar refractivity (Wildman–Crippen MR) is 138 cm³/mol. The molecule has 3 rings (SSSR count). The van der Waals surface area contributed by atoms with Crippen LogP contribution in [0.15, 0.2) is 22.7 Å². The Balaban J connectivity index is 2.00. The summed E-state index contributed by atoms with van der Waals surface area (Å²) in [6.45, 7) is 3.49. The zero-order chi connectivity index (χ0) is 25.4. The second kappa shape index (κ2) is 12.6. The van der Waals surface area contributed by atoms with E-state index in [1.54, 1.807) is 25.4 Å². The molecule has 0 spiro atoms. The third-order valence-electron chi connectivity index (χ3n) is 6.73. The third-order valence-corrected chi connectivity index (χ3v) is 6.73. The number of nitrogens with zero attached hydrogens (tertiary/aromatic N) is 4. The highest BCUT2D eigenvalue weighted by molar-refractivity contribution is 6.13. The Labute approximate surface area is 207 Å². The lowest BCUT2D eigenvalue weighted by molar-refractivity contribution is -0.132. The molecule has 9 nitrogen and oxygen atoms in total. The summed E-state index contributed by atoms with van der Waals surface area (Å²) in [5, 5.41) is 0. The number of aliphatic imine (C=N–C) groups is 1. The van der Waals surface area contributed by atoms with Crippen molar-refractivity contribution in [2.75, 3.05) is 27.2 Å². The fraction of sp³-hybridized carbons (Fsp3) is 0.577. The number of allylic oxidation sites excluding steroid dienone is 2. The first-order valence-corrected chi connectivity index (χ1v) is 12.5. The Morgan fingerprint density at radius 2 is 2.06 bits per heavy atom. The largest absolute Gasteiger partial charge is 0.476 e. The van der Waals surface area contributed by atoms with Crippen LogP contribution in [0.25, 0.3) is 11.4 Å². The summed E-state index contributed by atoms with van der Waals surface area (Å²) >= 11 is 0. The number of ketones is 2. The van der Waals surface area contributed by atoms with Crippen molar-refractivity contribution in [3.05, 3.63) is 29.2 Å². The van der Waals surface area contributed by atoms with Crippen LogP contribution in [-0.2, 0) is 9.59 Å². The van der Waals surface area contributed by atoms with Gasteiger partial charge in [-0.3, -0.25) is 14.6 Å². The number of ether oxygens (including phenoxy) is 1. The van der Waals surface area contributed by atoms with Crippen molar-refractivity contribution in [1.82, 2.24) is 14.9 Å². The lowest BCUT2D eigenvalue weighted by Gasteiger charge is -2.22. The van der Waals surface area contributed by atoms with Crippen molar-refractivity contribution in [2.45, 2.75) is 64.3 Å². The number of likely N-dealkylation sites (tertiary alicyclic amines) is 1. The number of nitrogens with two attached hydrogens (primary N) is 2. The molecule has 9 heteroatoms. The van der Waals surface area contributed by atoms with Gasteiger partial charge in [-0.05, 0) is 51.8 Å². The fourth-order valence-corrected chi connectivity index (χ4v) is 4.62. The van der Waals surface area contributed by atoms with Crippen molar-refractivity contribution >= 4 is 29.2 Å². The molecule has 0 unspecified atom stereocenters. The van der Waals surface area contributed by atoms with Gasteiger partial charge in [0, 0.05) is 37.4 Å². The van der Waals surface area contributed by atoms with Crippen molar-refractivity contribution < 1.29 is 14.3 Å². The molecule has 35 heavy (non-hydrogen) atoms. The number of hydrogen-bond acceptors (Lipinski definition) is 9. The van der Waals surface area contributed by atoms with Gasteiger partial charge in [-0.2, -0.15) is 4.98 Å². The van der Waals surface area contributed by atoms with Gasteiger partial charge in [-0.1, -0.05) is 19.8 Å². The van der Waals surface area contributed by atoms with Gasteiger partial charge in [0.25, 0.3) is 0 Å². The van der Waals surface area contributed by atoms with Crippen molar-refractivity contribution in [1.29, 1.82) is 0 Å². The Hall–Kier alpha value is -3.07.